The first kappa shape index (κ1) is 10.7. The number of hydrogen-bond acceptors (Lipinski definition) is 2. The summed E-state index contributed by atoms with van der Waals surface area (Å²) in [6, 6.07) is 7.67. The predicted molar refractivity (Wildman–Crippen MR) is 64.4 cm³/mol. The molecule has 0 aliphatic rings. The molecule has 16 heavy (non-hydrogen) atoms. The van der Waals surface area contributed by atoms with Gasteiger partial charge >= 0.3 is 0 Å². The van der Waals surface area contributed by atoms with Crippen LogP contribution in [-0.2, 0) is 0 Å². The fraction of sp³-hybridized carbons (Fsp3) is 0.308. The monoisotopic (exact) mass is 216 g/mol. The van der Waals surface area contributed by atoms with Gasteiger partial charge in [0.05, 0.1) is 6.20 Å². The highest BCUT2D eigenvalue weighted by Crippen LogP contribution is 2.31. The van der Waals surface area contributed by atoms with Gasteiger partial charge in [0.1, 0.15) is 5.75 Å². The van der Waals surface area contributed by atoms with Crippen LogP contribution >= 0.6 is 0 Å². The van der Waals surface area contributed by atoms with Gasteiger partial charge < -0.3 is 5.11 Å². The minimum Gasteiger partial charge on any atom is -0.507 e. The molecular weight excluding hydrogens is 200 g/mol. The Morgan fingerprint density at radius 3 is 2.44 bits per heavy atom. The molecule has 1 aromatic carbocycles. The highest BCUT2D eigenvalue weighted by atomic mass is 16.3. The van der Waals surface area contributed by atoms with Crippen molar-refractivity contribution >= 4 is 0 Å². The number of rotatable bonds is 2. The molecule has 84 valence electrons. The molecule has 1 aromatic heterocycles. The molecule has 0 saturated heterocycles. The second kappa shape index (κ2) is 4.00. The molecule has 2 aromatic rings. The van der Waals surface area contributed by atoms with Crippen molar-refractivity contribution in [3.63, 3.8) is 0 Å². The average Bonchev–Trinajstić information content (AvgIpc) is 2.61. The molecule has 0 aliphatic carbocycles. The van der Waals surface area contributed by atoms with E-state index in [0.29, 0.717) is 11.8 Å². The van der Waals surface area contributed by atoms with Gasteiger partial charge in [-0.05, 0) is 26.8 Å². The van der Waals surface area contributed by atoms with Gasteiger partial charge in [-0.1, -0.05) is 18.2 Å². The lowest BCUT2D eigenvalue weighted by atomic mass is 10.1. The van der Waals surface area contributed by atoms with Crippen LogP contribution in [0.15, 0.2) is 30.5 Å². The molecule has 3 heteroatoms. The van der Waals surface area contributed by atoms with Crippen molar-refractivity contribution in [2.45, 2.75) is 26.8 Å². The molecule has 0 amide bonds. The van der Waals surface area contributed by atoms with Crippen molar-refractivity contribution < 1.29 is 5.11 Å². The maximum Gasteiger partial charge on any atom is 0.123 e. The van der Waals surface area contributed by atoms with Crippen LogP contribution in [0.5, 0.6) is 5.75 Å². The summed E-state index contributed by atoms with van der Waals surface area (Å²) in [6.07, 6.45) is 1.81. The Bertz CT molecular complexity index is 500. The summed E-state index contributed by atoms with van der Waals surface area (Å²) in [5.41, 5.74) is 2.91. The standard InChI is InChI=1S/C13H16N2O/c1-9(2)15-10(3)12(8-14-15)11-6-4-5-7-13(11)16/h4-9,16H,1-3H3. The number of phenols is 1. The number of aromatic hydroxyl groups is 1. The molecule has 0 fully saturated rings. The van der Waals surface area contributed by atoms with Crippen molar-refractivity contribution in [1.82, 2.24) is 9.78 Å². The van der Waals surface area contributed by atoms with Crippen LogP contribution in [0, 0.1) is 6.92 Å². The Labute approximate surface area is 95.3 Å². The SMILES string of the molecule is Cc1c(-c2ccccc2O)cnn1C(C)C. The maximum absolute atomic E-state index is 9.80. The second-order valence-electron chi connectivity index (χ2n) is 4.20. The normalized spacial score (nSPS) is 11.0. The Balaban J connectivity index is 2.54. The maximum atomic E-state index is 9.80. The van der Waals surface area contributed by atoms with E-state index >= 15 is 0 Å². The van der Waals surface area contributed by atoms with Crippen molar-refractivity contribution in [3.05, 3.63) is 36.2 Å². The van der Waals surface area contributed by atoms with E-state index in [2.05, 4.69) is 18.9 Å². The zero-order valence-corrected chi connectivity index (χ0v) is 9.81. The van der Waals surface area contributed by atoms with Gasteiger partial charge in [0.2, 0.25) is 0 Å². The lowest BCUT2D eigenvalue weighted by Crippen LogP contribution is -2.04. The second-order valence-corrected chi connectivity index (χ2v) is 4.20. The first-order valence-electron chi connectivity index (χ1n) is 5.43. The van der Waals surface area contributed by atoms with Gasteiger partial charge in [-0.2, -0.15) is 5.10 Å². The molecule has 2 rings (SSSR count). The fourth-order valence-corrected chi connectivity index (χ4v) is 1.91. The number of phenolic OH excluding ortho intramolecular Hbond substituents is 1. The van der Waals surface area contributed by atoms with E-state index < -0.39 is 0 Å². The van der Waals surface area contributed by atoms with E-state index in [0.717, 1.165) is 16.8 Å². The minimum absolute atomic E-state index is 0.300. The van der Waals surface area contributed by atoms with Gasteiger partial charge in [0.25, 0.3) is 0 Å². The Kier molecular flexibility index (Phi) is 2.69. The third-order valence-corrected chi connectivity index (χ3v) is 2.73. The highest BCUT2D eigenvalue weighted by molar-refractivity contribution is 5.71. The van der Waals surface area contributed by atoms with Gasteiger partial charge in [0.15, 0.2) is 0 Å². The molecule has 0 radical (unpaired) electrons. The van der Waals surface area contributed by atoms with Crippen LogP contribution < -0.4 is 0 Å². The van der Waals surface area contributed by atoms with Crippen LogP contribution in [0.3, 0.4) is 0 Å². The third-order valence-electron chi connectivity index (χ3n) is 2.73. The van der Waals surface area contributed by atoms with E-state index in [9.17, 15) is 5.11 Å². The summed E-state index contributed by atoms with van der Waals surface area (Å²) in [7, 11) is 0. The van der Waals surface area contributed by atoms with E-state index in [4.69, 9.17) is 0 Å². The van der Waals surface area contributed by atoms with Crippen LogP contribution in [0.4, 0.5) is 0 Å². The molecule has 3 nitrogen and oxygen atoms in total. The number of aromatic nitrogens is 2. The van der Waals surface area contributed by atoms with Crippen LogP contribution in [-0.4, -0.2) is 14.9 Å². The van der Waals surface area contributed by atoms with Crippen LogP contribution in [0.25, 0.3) is 11.1 Å². The zero-order valence-electron chi connectivity index (χ0n) is 9.81. The van der Waals surface area contributed by atoms with Crippen molar-refractivity contribution in [1.29, 1.82) is 0 Å². The number of hydrogen-bond donors (Lipinski definition) is 1. The van der Waals surface area contributed by atoms with Crippen molar-refractivity contribution in [2.24, 2.45) is 0 Å². The van der Waals surface area contributed by atoms with Crippen LogP contribution in [0.2, 0.25) is 0 Å². The Hall–Kier alpha value is -1.77. The minimum atomic E-state index is 0.300. The summed E-state index contributed by atoms with van der Waals surface area (Å²) in [4.78, 5) is 0. The van der Waals surface area contributed by atoms with Gasteiger partial charge in [-0.15, -0.1) is 0 Å². The van der Waals surface area contributed by atoms with Gasteiger partial charge in [-0.25, -0.2) is 0 Å². The molecule has 0 spiro atoms. The first-order chi connectivity index (χ1) is 7.61. The molecular formula is C13H16N2O. The average molecular weight is 216 g/mol. The van der Waals surface area contributed by atoms with Gasteiger partial charge in [-0.3, -0.25) is 4.68 Å². The molecule has 1 N–H and O–H groups in total. The summed E-state index contributed by atoms with van der Waals surface area (Å²) in [6.45, 7) is 6.21. The van der Waals surface area contributed by atoms with E-state index in [1.54, 1.807) is 6.07 Å². The van der Waals surface area contributed by atoms with Crippen molar-refractivity contribution in [2.75, 3.05) is 0 Å². The summed E-state index contributed by atoms with van der Waals surface area (Å²) in [5.74, 6) is 0.300. The smallest absolute Gasteiger partial charge is 0.123 e. The first-order valence-corrected chi connectivity index (χ1v) is 5.43. The number of para-hydroxylation sites is 1. The van der Waals surface area contributed by atoms with Crippen LogP contribution in [0.1, 0.15) is 25.6 Å². The van der Waals surface area contributed by atoms with E-state index in [1.165, 1.54) is 0 Å². The zero-order chi connectivity index (χ0) is 11.7. The van der Waals surface area contributed by atoms with E-state index in [1.807, 2.05) is 36.0 Å². The topological polar surface area (TPSA) is 38.1 Å². The largest absolute Gasteiger partial charge is 0.507 e. The fourth-order valence-electron chi connectivity index (χ4n) is 1.91. The summed E-state index contributed by atoms with van der Waals surface area (Å²) < 4.78 is 1.96. The third kappa shape index (κ3) is 1.69. The molecule has 0 unspecified atom stereocenters. The molecule has 0 saturated carbocycles. The summed E-state index contributed by atoms with van der Waals surface area (Å²) >= 11 is 0. The Morgan fingerprint density at radius 2 is 1.88 bits per heavy atom. The predicted octanol–water partition coefficient (Wildman–Crippen LogP) is 3.15. The van der Waals surface area contributed by atoms with Crippen molar-refractivity contribution in [3.8, 4) is 16.9 Å². The van der Waals surface area contributed by atoms with E-state index in [-0.39, 0.29) is 0 Å². The number of benzene rings is 1. The quantitative estimate of drug-likeness (QED) is 0.837. The Morgan fingerprint density at radius 1 is 1.19 bits per heavy atom. The molecule has 0 bridgehead atoms. The lowest BCUT2D eigenvalue weighted by molar-refractivity contribution is 0.477. The number of nitrogens with zero attached hydrogens (tertiary/aromatic N) is 2. The molecule has 0 aliphatic heterocycles. The molecule has 0 atom stereocenters. The summed E-state index contributed by atoms with van der Waals surface area (Å²) in [5, 5.41) is 14.1. The highest BCUT2D eigenvalue weighted by Gasteiger charge is 2.12. The molecule has 1 heterocycles. The lowest BCUT2D eigenvalue weighted by Gasteiger charge is -2.09. The van der Waals surface area contributed by atoms with Gasteiger partial charge in [0, 0.05) is 22.9 Å².